The van der Waals surface area contributed by atoms with Crippen LogP contribution < -0.4 is 10.5 Å². The third-order valence-corrected chi connectivity index (χ3v) is 3.83. The number of carbonyl (C=O) groups excluding carboxylic acids is 1. The number of aromatic nitrogens is 2. The van der Waals surface area contributed by atoms with Crippen molar-refractivity contribution in [2.24, 2.45) is 0 Å². The fraction of sp³-hybridized carbons (Fsp3) is 0.312. The van der Waals surface area contributed by atoms with Gasteiger partial charge in [-0.3, -0.25) is 9.59 Å². The van der Waals surface area contributed by atoms with E-state index in [2.05, 4.69) is 34.2 Å². The Bertz CT molecular complexity index is 706. The van der Waals surface area contributed by atoms with E-state index in [1.807, 2.05) is 6.07 Å². The first-order valence-corrected chi connectivity index (χ1v) is 7.07. The number of rotatable bonds is 2. The molecule has 1 aromatic carbocycles. The first-order chi connectivity index (χ1) is 10.1. The van der Waals surface area contributed by atoms with Crippen LogP contribution in [0.1, 0.15) is 18.4 Å². The van der Waals surface area contributed by atoms with E-state index in [4.69, 9.17) is 0 Å². The molecule has 21 heavy (non-hydrogen) atoms. The fourth-order valence-corrected chi connectivity index (χ4v) is 2.67. The van der Waals surface area contributed by atoms with E-state index < -0.39 is 0 Å². The maximum Gasteiger partial charge on any atom is 0.264 e. The maximum atomic E-state index is 11.3. The summed E-state index contributed by atoms with van der Waals surface area (Å²) in [4.78, 5) is 24.6. The van der Waals surface area contributed by atoms with Crippen LogP contribution in [0, 0.1) is 6.92 Å². The third-order valence-electron chi connectivity index (χ3n) is 3.83. The summed E-state index contributed by atoms with van der Waals surface area (Å²) in [7, 11) is 0. The minimum atomic E-state index is -0.204. The predicted molar refractivity (Wildman–Crippen MR) is 81.5 cm³/mol. The minimum absolute atomic E-state index is 0.204. The SMILES string of the molecule is Cc1cc(-c2ccc(=O)[nH]n2)ccc1N1CCC(=O)CC1. The van der Waals surface area contributed by atoms with Crippen LogP contribution in [0.15, 0.2) is 35.1 Å². The van der Waals surface area contributed by atoms with Gasteiger partial charge >= 0.3 is 0 Å². The number of nitrogens with one attached hydrogen (secondary N) is 1. The monoisotopic (exact) mass is 283 g/mol. The summed E-state index contributed by atoms with van der Waals surface area (Å²) in [6.45, 7) is 3.63. The number of H-pyrrole nitrogens is 1. The zero-order chi connectivity index (χ0) is 14.8. The second-order valence-corrected chi connectivity index (χ2v) is 5.33. The van der Waals surface area contributed by atoms with Gasteiger partial charge in [-0.15, -0.1) is 0 Å². The molecular formula is C16H17N3O2. The van der Waals surface area contributed by atoms with Gasteiger partial charge in [0.1, 0.15) is 5.78 Å². The predicted octanol–water partition coefficient (Wildman–Crippen LogP) is 1.91. The van der Waals surface area contributed by atoms with Crippen molar-refractivity contribution in [3.8, 4) is 11.3 Å². The molecule has 108 valence electrons. The van der Waals surface area contributed by atoms with Crippen molar-refractivity contribution in [3.63, 3.8) is 0 Å². The summed E-state index contributed by atoms with van der Waals surface area (Å²) >= 11 is 0. The van der Waals surface area contributed by atoms with Gasteiger partial charge in [0.25, 0.3) is 5.56 Å². The summed E-state index contributed by atoms with van der Waals surface area (Å²) in [6, 6.07) is 9.31. The summed E-state index contributed by atoms with van der Waals surface area (Å²) in [5.41, 5.74) is 3.83. The van der Waals surface area contributed by atoms with Crippen molar-refractivity contribution >= 4 is 11.5 Å². The number of hydrogen-bond acceptors (Lipinski definition) is 4. The lowest BCUT2D eigenvalue weighted by Gasteiger charge is -2.29. The lowest BCUT2D eigenvalue weighted by molar-refractivity contribution is -0.119. The van der Waals surface area contributed by atoms with Gasteiger partial charge in [-0.1, -0.05) is 6.07 Å². The second kappa shape index (κ2) is 5.52. The largest absolute Gasteiger partial charge is 0.370 e. The van der Waals surface area contributed by atoms with Crippen LogP contribution in [-0.4, -0.2) is 29.1 Å². The molecule has 2 heterocycles. The number of ketones is 1. The van der Waals surface area contributed by atoms with E-state index in [-0.39, 0.29) is 5.56 Å². The van der Waals surface area contributed by atoms with Gasteiger partial charge in [-0.2, -0.15) is 5.10 Å². The average molecular weight is 283 g/mol. The van der Waals surface area contributed by atoms with E-state index in [1.165, 1.54) is 6.07 Å². The van der Waals surface area contributed by atoms with Crippen LogP contribution in [0.25, 0.3) is 11.3 Å². The lowest BCUT2D eigenvalue weighted by atomic mass is 10.0. The molecule has 0 bridgehead atoms. The summed E-state index contributed by atoms with van der Waals surface area (Å²) in [5, 5.41) is 6.49. The molecule has 1 fully saturated rings. The molecule has 5 heteroatoms. The Morgan fingerprint density at radius 3 is 2.48 bits per heavy atom. The number of hydrogen-bond donors (Lipinski definition) is 1. The number of benzene rings is 1. The Morgan fingerprint density at radius 2 is 1.86 bits per heavy atom. The molecular weight excluding hydrogens is 266 g/mol. The lowest BCUT2D eigenvalue weighted by Crippen LogP contribution is -2.34. The highest BCUT2D eigenvalue weighted by atomic mass is 16.1. The molecule has 0 saturated carbocycles. The van der Waals surface area contributed by atoms with Crippen LogP contribution in [0.4, 0.5) is 5.69 Å². The molecule has 1 aliphatic rings. The zero-order valence-corrected chi connectivity index (χ0v) is 11.9. The van der Waals surface area contributed by atoms with Gasteiger partial charge < -0.3 is 4.90 Å². The molecule has 0 amide bonds. The van der Waals surface area contributed by atoms with Gasteiger partial charge in [0.05, 0.1) is 5.69 Å². The number of piperidine rings is 1. The quantitative estimate of drug-likeness (QED) is 0.914. The number of carbonyl (C=O) groups is 1. The van der Waals surface area contributed by atoms with Crippen LogP contribution in [0.5, 0.6) is 0 Å². The number of aromatic amines is 1. The Labute approximate surface area is 122 Å². The van der Waals surface area contributed by atoms with E-state index in [1.54, 1.807) is 6.07 Å². The molecule has 0 aliphatic carbocycles. The third kappa shape index (κ3) is 2.86. The van der Waals surface area contributed by atoms with Crippen molar-refractivity contribution in [1.82, 2.24) is 10.2 Å². The molecule has 1 aliphatic heterocycles. The molecule has 1 N–H and O–H groups in total. The Balaban J connectivity index is 1.87. The molecule has 0 radical (unpaired) electrons. The van der Waals surface area contributed by atoms with Crippen LogP contribution in [-0.2, 0) is 4.79 Å². The van der Waals surface area contributed by atoms with Crippen LogP contribution in [0.3, 0.4) is 0 Å². The van der Waals surface area contributed by atoms with Gasteiger partial charge in [0.2, 0.25) is 0 Å². The van der Waals surface area contributed by atoms with Crippen molar-refractivity contribution < 1.29 is 4.79 Å². The van der Waals surface area contributed by atoms with E-state index in [9.17, 15) is 9.59 Å². The van der Waals surface area contributed by atoms with Gasteiger partial charge in [0, 0.05) is 43.2 Å². The van der Waals surface area contributed by atoms with Gasteiger partial charge in [-0.05, 0) is 30.7 Å². The molecule has 5 nitrogen and oxygen atoms in total. The van der Waals surface area contributed by atoms with Gasteiger partial charge in [0.15, 0.2) is 0 Å². The van der Waals surface area contributed by atoms with E-state index in [0.29, 0.717) is 18.6 Å². The smallest absolute Gasteiger partial charge is 0.264 e. The first kappa shape index (κ1) is 13.5. The van der Waals surface area contributed by atoms with Crippen molar-refractivity contribution in [2.75, 3.05) is 18.0 Å². The normalized spacial score (nSPS) is 15.3. The highest BCUT2D eigenvalue weighted by Crippen LogP contribution is 2.27. The fourth-order valence-electron chi connectivity index (χ4n) is 2.67. The highest BCUT2D eigenvalue weighted by Gasteiger charge is 2.18. The minimum Gasteiger partial charge on any atom is -0.370 e. The summed E-state index contributed by atoms with van der Waals surface area (Å²) in [6.07, 6.45) is 1.26. The van der Waals surface area contributed by atoms with Crippen LogP contribution >= 0.6 is 0 Å². The molecule has 0 spiro atoms. The maximum absolute atomic E-state index is 11.3. The standard InChI is InChI=1S/C16H17N3O2/c1-11-10-12(14-3-5-16(21)18-17-14)2-4-15(11)19-8-6-13(20)7-9-19/h2-5,10H,6-9H2,1H3,(H,18,21). The van der Waals surface area contributed by atoms with Crippen molar-refractivity contribution in [1.29, 1.82) is 0 Å². The van der Waals surface area contributed by atoms with Gasteiger partial charge in [-0.25, -0.2) is 5.10 Å². The molecule has 0 unspecified atom stereocenters. The van der Waals surface area contributed by atoms with Crippen LogP contribution in [0.2, 0.25) is 0 Å². The molecule has 3 rings (SSSR count). The topological polar surface area (TPSA) is 66.1 Å². The van der Waals surface area contributed by atoms with E-state index >= 15 is 0 Å². The molecule has 0 atom stereocenters. The zero-order valence-electron chi connectivity index (χ0n) is 11.9. The summed E-state index contributed by atoms with van der Waals surface area (Å²) in [5.74, 6) is 0.345. The average Bonchev–Trinajstić information content (AvgIpc) is 2.49. The second-order valence-electron chi connectivity index (χ2n) is 5.33. The number of nitrogens with zero attached hydrogens (tertiary/aromatic N) is 2. The highest BCUT2D eigenvalue weighted by molar-refractivity contribution is 5.81. The Hall–Kier alpha value is -2.43. The number of anilines is 1. The van der Waals surface area contributed by atoms with E-state index in [0.717, 1.165) is 35.6 Å². The Kier molecular flexibility index (Phi) is 3.56. The summed E-state index contributed by atoms with van der Waals surface area (Å²) < 4.78 is 0. The molecule has 1 saturated heterocycles. The number of aryl methyl sites for hydroxylation is 1. The Morgan fingerprint density at radius 1 is 1.10 bits per heavy atom. The van der Waals surface area contributed by atoms with Crippen molar-refractivity contribution in [3.05, 3.63) is 46.2 Å². The molecule has 1 aromatic heterocycles. The first-order valence-electron chi connectivity index (χ1n) is 7.07. The van der Waals surface area contributed by atoms with Crippen molar-refractivity contribution in [2.45, 2.75) is 19.8 Å². The number of Topliss-reactive ketones (excluding diaryl/α,β-unsaturated/α-hetero) is 1. The molecule has 2 aromatic rings.